The van der Waals surface area contributed by atoms with Crippen LogP contribution in [0.2, 0.25) is 0 Å². The third kappa shape index (κ3) is 2.50. The molecule has 0 aliphatic carbocycles. The van der Waals surface area contributed by atoms with Crippen LogP contribution in [0.25, 0.3) is 0 Å². The first-order valence-electron chi connectivity index (χ1n) is 6.31. The lowest BCUT2D eigenvalue weighted by molar-refractivity contribution is -0.133. The van der Waals surface area contributed by atoms with Crippen molar-refractivity contribution in [3.8, 4) is 12.1 Å². The van der Waals surface area contributed by atoms with Gasteiger partial charge in [-0.15, -0.1) is 0 Å². The van der Waals surface area contributed by atoms with Crippen LogP contribution in [-0.2, 0) is 4.79 Å². The molecule has 5 heteroatoms. The van der Waals surface area contributed by atoms with E-state index >= 15 is 0 Å². The summed E-state index contributed by atoms with van der Waals surface area (Å²) in [5.41, 5.74) is 2.69. The summed E-state index contributed by atoms with van der Waals surface area (Å²) in [4.78, 5) is 11.6. The second-order valence-corrected chi connectivity index (χ2v) is 4.79. The van der Waals surface area contributed by atoms with Crippen molar-refractivity contribution in [2.75, 3.05) is 0 Å². The van der Waals surface area contributed by atoms with E-state index in [-0.39, 0.29) is 5.57 Å². The lowest BCUT2D eigenvalue weighted by Gasteiger charge is -2.27. The maximum Gasteiger partial charge on any atom is 0.334 e. The molecule has 0 fully saturated rings. The van der Waals surface area contributed by atoms with Crippen LogP contribution in [0.3, 0.4) is 0 Å². The molecule has 0 amide bonds. The minimum atomic E-state index is -1.08. The van der Waals surface area contributed by atoms with Gasteiger partial charge in [0.1, 0.15) is 0 Å². The number of carboxylic acid groups (broad SMARTS) is 1. The van der Waals surface area contributed by atoms with Crippen LogP contribution in [0.5, 0.6) is 0 Å². The zero-order valence-electron chi connectivity index (χ0n) is 11.6. The number of carboxylic acids is 1. The highest BCUT2D eigenvalue weighted by molar-refractivity contribution is 5.91. The lowest BCUT2D eigenvalue weighted by Crippen LogP contribution is -2.27. The maximum atomic E-state index is 11.6. The summed E-state index contributed by atoms with van der Waals surface area (Å²) < 4.78 is 0. The van der Waals surface area contributed by atoms with Gasteiger partial charge in [-0.25, -0.2) is 4.79 Å². The van der Waals surface area contributed by atoms with Crippen LogP contribution in [0.4, 0.5) is 0 Å². The van der Waals surface area contributed by atoms with Crippen molar-refractivity contribution in [1.29, 1.82) is 10.5 Å². The molecule has 2 rings (SSSR count). The van der Waals surface area contributed by atoms with E-state index in [0.717, 1.165) is 0 Å². The zero-order valence-corrected chi connectivity index (χ0v) is 11.6. The van der Waals surface area contributed by atoms with Crippen LogP contribution >= 0.6 is 0 Å². The Morgan fingerprint density at radius 3 is 2.52 bits per heavy atom. The highest BCUT2D eigenvalue weighted by Crippen LogP contribution is 2.37. The normalized spacial score (nSPS) is 17.8. The van der Waals surface area contributed by atoms with E-state index in [1.807, 2.05) is 6.07 Å². The maximum absolute atomic E-state index is 11.6. The Kier molecular flexibility index (Phi) is 3.77. The van der Waals surface area contributed by atoms with Crippen LogP contribution in [0, 0.1) is 22.7 Å². The fourth-order valence-electron chi connectivity index (χ4n) is 2.55. The smallest absolute Gasteiger partial charge is 0.334 e. The average Bonchev–Trinajstić information content (AvgIpc) is 2.46. The number of nitriles is 2. The predicted molar refractivity (Wildman–Crippen MR) is 75.7 cm³/mol. The number of nitrogens with zero attached hydrogens (tertiary/aromatic N) is 2. The Bertz CT molecular complexity index is 760. The molecule has 1 aromatic rings. The van der Waals surface area contributed by atoms with E-state index in [9.17, 15) is 15.2 Å². The first-order chi connectivity index (χ1) is 9.99. The van der Waals surface area contributed by atoms with Gasteiger partial charge in [0.25, 0.3) is 0 Å². The molecule has 104 valence electrons. The Hall–Kier alpha value is -3.05. The molecule has 0 spiro atoms. The Labute approximate surface area is 122 Å². The number of hydrogen-bond donors (Lipinski definition) is 2. The molecular weight excluding hydrogens is 266 g/mol. The molecule has 0 saturated heterocycles. The van der Waals surface area contributed by atoms with Gasteiger partial charge in [-0.1, -0.05) is 12.1 Å². The van der Waals surface area contributed by atoms with Gasteiger partial charge in [0.15, 0.2) is 0 Å². The second-order valence-electron chi connectivity index (χ2n) is 4.79. The molecule has 1 unspecified atom stereocenters. The van der Waals surface area contributed by atoms with E-state index in [0.29, 0.717) is 28.1 Å². The first-order valence-corrected chi connectivity index (χ1v) is 6.31. The minimum absolute atomic E-state index is 0.132. The Morgan fingerprint density at radius 2 is 1.95 bits per heavy atom. The van der Waals surface area contributed by atoms with E-state index in [1.54, 1.807) is 38.1 Å². The fraction of sp³-hybridized carbons (Fsp3) is 0.188. The van der Waals surface area contributed by atoms with Crippen molar-refractivity contribution < 1.29 is 9.90 Å². The summed E-state index contributed by atoms with van der Waals surface area (Å²) in [5.74, 6) is -1.74. The second kappa shape index (κ2) is 5.52. The number of rotatable bonds is 2. The van der Waals surface area contributed by atoms with Gasteiger partial charge < -0.3 is 10.4 Å². The van der Waals surface area contributed by atoms with Gasteiger partial charge >= 0.3 is 5.97 Å². The number of nitrogens with one attached hydrogen (secondary N) is 1. The summed E-state index contributed by atoms with van der Waals surface area (Å²) in [6.07, 6.45) is 0. The number of benzene rings is 1. The van der Waals surface area contributed by atoms with Gasteiger partial charge in [0.05, 0.1) is 34.8 Å². The highest BCUT2D eigenvalue weighted by Gasteiger charge is 2.33. The molecule has 0 saturated carbocycles. The predicted octanol–water partition coefficient (Wildman–Crippen LogP) is 2.40. The molecule has 1 aromatic carbocycles. The summed E-state index contributed by atoms with van der Waals surface area (Å²) in [5, 5.41) is 30.8. The molecule has 0 radical (unpaired) electrons. The van der Waals surface area contributed by atoms with Gasteiger partial charge in [-0.05, 0) is 31.5 Å². The monoisotopic (exact) mass is 279 g/mol. The molecular formula is C16H13N3O2. The topological polar surface area (TPSA) is 96.9 Å². The summed E-state index contributed by atoms with van der Waals surface area (Å²) in [6, 6.07) is 10.8. The lowest BCUT2D eigenvalue weighted by atomic mass is 9.80. The minimum Gasteiger partial charge on any atom is -0.478 e. The van der Waals surface area contributed by atoms with E-state index in [1.165, 1.54) is 0 Å². The third-order valence-corrected chi connectivity index (χ3v) is 3.46. The van der Waals surface area contributed by atoms with Gasteiger partial charge in [-0.2, -0.15) is 10.5 Å². The molecule has 1 aliphatic heterocycles. The summed E-state index contributed by atoms with van der Waals surface area (Å²) in [7, 11) is 0. The van der Waals surface area contributed by atoms with E-state index in [2.05, 4.69) is 11.4 Å². The van der Waals surface area contributed by atoms with Crippen molar-refractivity contribution in [2.24, 2.45) is 0 Å². The molecule has 1 heterocycles. The van der Waals surface area contributed by atoms with Crippen molar-refractivity contribution in [3.05, 3.63) is 57.9 Å². The molecule has 1 aliphatic rings. The van der Waals surface area contributed by atoms with Crippen LogP contribution < -0.4 is 5.32 Å². The summed E-state index contributed by atoms with van der Waals surface area (Å²) in [6.45, 7) is 3.41. The fourth-order valence-corrected chi connectivity index (χ4v) is 2.55. The van der Waals surface area contributed by atoms with E-state index < -0.39 is 11.9 Å². The summed E-state index contributed by atoms with van der Waals surface area (Å²) >= 11 is 0. The first kappa shape index (κ1) is 14.4. The van der Waals surface area contributed by atoms with Crippen molar-refractivity contribution in [2.45, 2.75) is 19.8 Å². The van der Waals surface area contributed by atoms with Crippen LogP contribution in [0.1, 0.15) is 30.9 Å². The number of hydrogen-bond acceptors (Lipinski definition) is 4. The number of dihydropyridines is 1. The average molecular weight is 279 g/mol. The molecule has 0 bridgehead atoms. The number of allylic oxidation sites excluding steroid dienone is 3. The molecule has 0 aromatic heterocycles. The molecule has 5 nitrogen and oxygen atoms in total. The quantitative estimate of drug-likeness (QED) is 0.866. The number of aliphatic carboxylic acids is 1. The highest BCUT2D eigenvalue weighted by atomic mass is 16.4. The van der Waals surface area contributed by atoms with Gasteiger partial charge in [0.2, 0.25) is 0 Å². The largest absolute Gasteiger partial charge is 0.478 e. The van der Waals surface area contributed by atoms with Crippen LogP contribution in [0.15, 0.2) is 46.8 Å². The third-order valence-electron chi connectivity index (χ3n) is 3.46. The SMILES string of the molecule is CC1=C(C#N)C(c2cccc(C#N)c2)C(C(=O)O)=C(C)N1. The van der Waals surface area contributed by atoms with Crippen LogP contribution in [-0.4, -0.2) is 11.1 Å². The molecule has 21 heavy (non-hydrogen) atoms. The number of carbonyl (C=O) groups is 1. The molecule has 2 N–H and O–H groups in total. The van der Waals surface area contributed by atoms with Gasteiger partial charge in [-0.3, -0.25) is 0 Å². The van der Waals surface area contributed by atoms with E-state index in [4.69, 9.17) is 5.26 Å². The van der Waals surface area contributed by atoms with Crippen molar-refractivity contribution in [1.82, 2.24) is 5.32 Å². The van der Waals surface area contributed by atoms with Gasteiger partial charge in [0, 0.05) is 11.4 Å². The van der Waals surface area contributed by atoms with Crippen molar-refractivity contribution >= 4 is 5.97 Å². The zero-order chi connectivity index (χ0) is 15.6. The standard InChI is InChI=1S/C16H13N3O2/c1-9-13(8-18)15(14(16(20)21)10(2)19-9)12-5-3-4-11(6-12)7-17/h3-6,15,19H,1-2H3,(H,20,21). The Balaban J connectivity index is 2.69. The van der Waals surface area contributed by atoms with Crippen molar-refractivity contribution in [3.63, 3.8) is 0 Å². The Morgan fingerprint density at radius 1 is 1.24 bits per heavy atom. The molecule has 1 atom stereocenters.